The van der Waals surface area contributed by atoms with Crippen LogP contribution in [0.25, 0.3) is 0 Å². The number of halogens is 1. The number of nitro benzene ring substituents is 1. The van der Waals surface area contributed by atoms with Gasteiger partial charge in [0, 0.05) is 31.6 Å². The Kier molecular flexibility index (Phi) is 9.94. The predicted octanol–water partition coefficient (Wildman–Crippen LogP) is 3.58. The minimum absolute atomic E-state index is 0.0237. The van der Waals surface area contributed by atoms with Crippen molar-refractivity contribution in [1.29, 1.82) is 0 Å². The Morgan fingerprint density at radius 3 is 2.25 bits per heavy atom. The number of carbonyl (C=O) groups excluding carboxylic acids is 2. The molecule has 0 unspecified atom stereocenters. The lowest BCUT2D eigenvalue weighted by Gasteiger charge is -2.33. The highest BCUT2D eigenvalue weighted by molar-refractivity contribution is 7.92. The van der Waals surface area contributed by atoms with Gasteiger partial charge < -0.3 is 10.2 Å². The average Bonchev–Trinajstić information content (AvgIpc) is 2.90. The molecule has 0 aliphatic heterocycles. The molecular formula is C28H31FN4O6S. The third kappa shape index (κ3) is 7.85. The van der Waals surface area contributed by atoms with Gasteiger partial charge in [0.25, 0.3) is 5.69 Å². The smallest absolute Gasteiger partial charge is 0.271 e. The molecule has 0 aliphatic carbocycles. The maximum atomic E-state index is 13.9. The zero-order valence-electron chi connectivity index (χ0n) is 22.4. The van der Waals surface area contributed by atoms with E-state index >= 15 is 0 Å². The topological polar surface area (TPSA) is 130 Å². The van der Waals surface area contributed by atoms with Gasteiger partial charge >= 0.3 is 0 Å². The summed E-state index contributed by atoms with van der Waals surface area (Å²) in [5, 5.41) is 14.1. The summed E-state index contributed by atoms with van der Waals surface area (Å²) in [6.45, 7) is 2.78. The van der Waals surface area contributed by atoms with Crippen LogP contribution in [0.2, 0.25) is 0 Å². The summed E-state index contributed by atoms with van der Waals surface area (Å²) in [4.78, 5) is 39.2. The first kappa shape index (κ1) is 30.2. The van der Waals surface area contributed by atoms with Crippen molar-refractivity contribution in [2.24, 2.45) is 0 Å². The molecule has 0 bridgehead atoms. The number of benzene rings is 3. The summed E-state index contributed by atoms with van der Waals surface area (Å²) in [5.41, 5.74) is 1.33. The molecule has 1 N–H and O–H groups in total. The minimum atomic E-state index is -4.09. The molecular weight excluding hydrogens is 539 g/mol. The standard InChI is InChI=1S/C28H31FN4O6S/c1-4-30-28(35)26(16-21-8-6-5-7-9-21)31(18-22-11-13-23(29)14-12-22)27(34)19-32(40(3,38)39)25-17-24(33(36)37)15-10-20(25)2/h5-15,17,26H,4,16,18-19H2,1-3H3,(H,30,35)/t26-/m1/s1. The Bertz CT molecular complexity index is 1470. The van der Waals surface area contributed by atoms with Crippen molar-refractivity contribution in [3.05, 3.63) is 105 Å². The molecule has 1 atom stereocenters. The Labute approximate surface area is 232 Å². The Hall–Kier alpha value is -4.32. The number of carbonyl (C=O) groups is 2. The number of rotatable bonds is 12. The lowest BCUT2D eigenvalue weighted by Crippen LogP contribution is -2.53. The van der Waals surface area contributed by atoms with Gasteiger partial charge in [0.15, 0.2) is 0 Å². The molecule has 0 aromatic heterocycles. The normalized spacial score (nSPS) is 11.9. The maximum Gasteiger partial charge on any atom is 0.271 e. The molecule has 0 fully saturated rings. The summed E-state index contributed by atoms with van der Waals surface area (Å²) in [5.74, 6) is -1.64. The zero-order valence-corrected chi connectivity index (χ0v) is 23.2. The van der Waals surface area contributed by atoms with Crippen molar-refractivity contribution in [2.75, 3.05) is 23.7 Å². The van der Waals surface area contributed by atoms with Crippen LogP contribution in [-0.4, -0.2) is 55.4 Å². The largest absolute Gasteiger partial charge is 0.355 e. The van der Waals surface area contributed by atoms with E-state index < -0.39 is 45.2 Å². The SMILES string of the molecule is CCNC(=O)[C@@H](Cc1ccccc1)N(Cc1ccc(F)cc1)C(=O)CN(c1cc([N+](=O)[O-])ccc1C)S(C)(=O)=O. The number of hydrogen-bond acceptors (Lipinski definition) is 6. The molecule has 0 saturated heterocycles. The average molecular weight is 571 g/mol. The second-order valence-electron chi connectivity index (χ2n) is 9.25. The number of hydrogen-bond donors (Lipinski definition) is 1. The number of nitrogens with one attached hydrogen (secondary N) is 1. The number of non-ortho nitro benzene ring substituents is 1. The molecule has 0 heterocycles. The first-order chi connectivity index (χ1) is 18.9. The molecule has 3 aromatic carbocycles. The highest BCUT2D eigenvalue weighted by atomic mass is 32.2. The molecule has 10 nitrogen and oxygen atoms in total. The van der Waals surface area contributed by atoms with Crippen molar-refractivity contribution in [2.45, 2.75) is 32.9 Å². The first-order valence-electron chi connectivity index (χ1n) is 12.5. The molecule has 3 aromatic rings. The number of aryl methyl sites for hydroxylation is 1. The van der Waals surface area contributed by atoms with Crippen molar-refractivity contribution < 1.29 is 27.3 Å². The van der Waals surface area contributed by atoms with Crippen molar-refractivity contribution in [3.8, 4) is 0 Å². The number of amides is 2. The van der Waals surface area contributed by atoms with Gasteiger partial charge in [-0.1, -0.05) is 48.5 Å². The molecule has 0 saturated carbocycles. The van der Waals surface area contributed by atoms with E-state index in [2.05, 4.69) is 5.32 Å². The van der Waals surface area contributed by atoms with Gasteiger partial charge in [0.05, 0.1) is 16.9 Å². The van der Waals surface area contributed by atoms with Gasteiger partial charge in [-0.05, 0) is 42.7 Å². The van der Waals surface area contributed by atoms with Crippen molar-refractivity contribution in [1.82, 2.24) is 10.2 Å². The monoisotopic (exact) mass is 570 g/mol. The van der Waals surface area contributed by atoms with Crippen LogP contribution >= 0.6 is 0 Å². The Morgan fingerprint density at radius 1 is 1.02 bits per heavy atom. The second kappa shape index (κ2) is 13.2. The van der Waals surface area contributed by atoms with Gasteiger partial charge in [-0.15, -0.1) is 0 Å². The summed E-state index contributed by atoms with van der Waals surface area (Å²) in [7, 11) is -4.09. The highest BCUT2D eigenvalue weighted by Gasteiger charge is 2.33. The van der Waals surface area contributed by atoms with Crippen molar-refractivity contribution in [3.63, 3.8) is 0 Å². The lowest BCUT2D eigenvalue weighted by molar-refractivity contribution is -0.384. The van der Waals surface area contributed by atoms with Crippen LogP contribution in [0.5, 0.6) is 0 Å². The van der Waals surface area contributed by atoms with Crippen LogP contribution in [-0.2, 0) is 32.6 Å². The lowest BCUT2D eigenvalue weighted by atomic mass is 10.0. The number of nitrogens with zero attached hydrogens (tertiary/aromatic N) is 3. The molecule has 3 rings (SSSR count). The van der Waals surface area contributed by atoms with Crippen molar-refractivity contribution >= 4 is 33.2 Å². The minimum Gasteiger partial charge on any atom is -0.355 e. The fraction of sp³-hybridized carbons (Fsp3) is 0.286. The molecule has 2 amide bonds. The van der Waals surface area contributed by atoms with E-state index in [4.69, 9.17) is 0 Å². The third-order valence-corrected chi connectivity index (χ3v) is 7.37. The van der Waals surface area contributed by atoms with E-state index in [0.29, 0.717) is 17.7 Å². The van der Waals surface area contributed by atoms with Gasteiger partial charge in [0.1, 0.15) is 18.4 Å². The van der Waals surface area contributed by atoms with E-state index in [1.54, 1.807) is 26.0 Å². The van der Waals surface area contributed by atoms with Gasteiger partial charge in [0.2, 0.25) is 21.8 Å². The van der Waals surface area contributed by atoms with Crippen LogP contribution in [0, 0.1) is 22.9 Å². The van der Waals surface area contributed by atoms with Crippen LogP contribution in [0.15, 0.2) is 72.8 Å². The van der Waals surface area contributed by atoms with Crippen LogP contribution in [0.3, 0.4) is 0 Å². The van der Waals surface area contributed by atoms with E-state index in [1.807, 2.05) is 18.2 Å². The fourth-order valence-corrected chi connectivity index (χ4v) is 5.11. The number of nitro groups is 1. The van der Waals surface area contributed by atoms with E-state index in [0.717, 1.165) is 22.2 Å². The van der Waals surface area contributed by atoms with Gasteiger partial charge in [-0.2, -0.15) is 0 Å². The quantitative estimate of drug-likeness (QED) is 0.262. The Balaban J connectivity index is 2.08. The molecule has 0 aliphatic rings. The third-order valence-electron chi connectivity index (χ3n) is 6.24. The molecule has 12 heteroatoms. The number of likely N-dealkylation sites (N-methyl/N-ethyl adjacent to an activating group) is 1. The molecule has 0 radical (unpaired) electrons. The number of sulfonamides is 1. The van der Waals surface area contributed by atoms with E-state index in [9.17, 15) is 32.5 Å². The summed E-state index contributed by atoms with van der Waals surface area (Å²) >= 11 is 0. The second-order valence-corrected chi connectivity index (χ2v) is 11.2. The molecule has 40 heavy (non-hydrogen) atoms. The highest BCUT2D eigenvalue weighted by Crippen LogP contribution is 2.28. The predicted molar refractivity (Wildman–Crippen MR) is 150 cm³/mol. The Morgan fingerprint density at radius 2 is 1.68 bits per heavy atom. The maximum absolute atomic E-state index is 13.9. The zero-order chi connectivity index (χ0) is 29.4. The fourth-order valence-electron chi connectivity index (χ4n) is 4.21. The first-order valence-corrected chi connectivity index (χ1v) is 14.3. The van der Waals surface area contributed by atoms with Gasteiger partial charge in [-0.25, -0.2) is 12.8 Å². The van der Waals surface area contributed by atoms with Gasteiger partial charge in [-0.3, -0.25) is 24.0 Å². The van der Waals surface area contributed by atoms with Crippen LogP contribution < -0.4 is 9.62 Å². The summed E-state index contributed by atoms with van der Waals surface area (Å²) < 4.78 is 40.2. The summed E-state index contributed by atoms with van der Waals surface area (Å²) in [6.07, 6.45) is 1.03. The van der Waals surface area contributed by atoms with Crippen LogP contribution in [0.4, 0.5) is 15.8 Å². The van der Waals surface area contributed by atoms with E-state index in [1.165, 1.54) is 41.3 Å². The van der Waals surface area contributed by atoms with E-state index in [-0.39, 0.29) is 24.3 Å². The number of anilines is 1. The van der Waals surface area contributed by atoms with Crippen LogP contribution in [0.1, 0.15) is 23.6 Å². The molecule has 212 valence electrons. The summed E-state index contributed by atoms with van der Waals surface area (Å²) in [6, 6.07) is 17.1. The molecule has 0 spiro atoms.